The fraction of sp³-hybridized carbons (Fsp3) is 0.167. The van der Waals surface area contributed by atoms with Crippen LogP contribution in [0, 0.1) is 0 Å². The van der Waals surface area contributed by atoms with Crippen molar-refractivity contribution in [3.8, 4) is 0 Å². The van der Waals surface area contributed by atoms with Gasteiger partial charge >= 0.3 is 0 Å². The number of carbonyl (C=O) groups is 2. The molecule has 3 aromatic rings. The topological polar surface area (TPSA) is 71.1 Å². The molecule has 0 aliphatic carbocycles. The minimum atomic E-state index is -0.145. The van der Waals surface area contributed by atoms with E-state index in [1.807, 2.05) is 48.5 Å². The molecule has 2 N–H and O–H groups in total. The van der Waals surface area contributed by atoms with Gasteiger partial charge in [0.1, 0.15) is 0 Å². The monoisotopic (exact) mass is 339 g/mol. The van der Waals surface area contributed by atoms with Crippen molar-refractivity contribution in [2.75, 3.05) is 6.54 Å². The fourth-order valence-corrected chi connectivity index (χ4v) is 3.23. The minimum Gasteiger partial charge on any atom is -0.351 e. The van der Waals surface area contributed by atoms with Crippen molar-refractivity contribution >= 4 is 33.2 Å². The number of carbonyl (C=O) groups excluding carboxylic acids is 2. The van der Waals surface area contributed by atoms with Crippen LogP contribution < -0.4 is 10.6 Å². The van der Waals surface area contributed by atoms with E-state index in [2.05, 4.69) is 15.6 Å². The highest BCUT2D eigenvalue weighted by molar-refractivity contribution is 7.20. The molecule has 122 valence electrons. The first kappa shape index (κ1) is 16.1. The zero-order chi connectivity index (χ0) is 16.8. The highest BCUT2D eigenvalue weighted by Crippen LogP contribution is 2.24. The zero-order valence-corrected chi connectivity index (χ0v) is 13.8. The van der Waals surface area contributed by atoms with Gasteiger partial charge in [0.05, 0.1) is 17.1 Å². The van der Waals surface area contributed by atoms with Gasteiger partial charge in [-0.05, 0) is 29.7 Å². The third kappa shape index (κ3) is 4.17. The lowest BCUT2D eigenvalue weighted by molar-refractivity contribution is -0.121. The van der Waals surface area contributed by atoms with E-state index >= 15 is 0 Å². The van der Waals surface area contributed by atoms with Crippen molar-refractivity contribution in [1.82, 2.24) is 15.6 Å². The van der Waals surface area contributed by atoms with Gasteiger partial charge in [0.25, 0.3) is 5.91 Å². The van der Waals surface area contributed by atoms with E-state index < -0.39 is 0 Å². The van der Waals surface area contributed by atoms with Crippen LogP contribution in [-0.2, 0) is 11.3 Å². The second-order valence-electron chi connectivity index (χ2n) is 5.25. The SMILES string of the molecule is O=C(CCNC(=O)c1cc2ccccc2s1)NCc1ccccn1. The summed E-state index contributed by atoms with van der Waals surface area (Å²) < 4.78 is 1.08. The van der Waals surface area contributed by atoms with E-state index in [1.54, 1.807) is 6.20 Å². The maximum absolute atomic E-state index is 12.1. The summed E-state index contributed by atoms with van der Waals surface area (Å²) in [5.41, 5.74) is 0.806. The van der Waals surface area contributed by atoms with Gasteiger partial charge in [-0.3, -0.25) is 14.6 Å². The summed E-state index contributed by atoms with van der Waals surface area (Å²) in [6, 6.07) is 15.3. The minimum absolute atomic E-state index is 0.114. The van der Waals surface area contributed by atoms with Crippen molar-refractivity contribution in [1.29, 1.82) is 0 Å². The van der Waals surface area contributed by atoms with Gasteiger partial charge in [0, 0.05) is 23.9 Å². The number of amides is 2. The fourth-order valence-electron chi connectivity index (χ4n) is 2.25. The van der Waals surface area contributed by atoms with Crippen LogP contribution in [0.4, 0.5) is 0 Å². The number of hydrogen-bond acceptors (Lipinski definition) is 4. The normalized spacial score (nSPS) is 10.5. The summed E-state index contributed by atoms with van der Waals surface area (Å²) in [7, 11) is 0. The van der Waals surface area contributed by atoms with Crippen LogP contribution in [-0.4, -0.2) is 23.3 Å². The largest absolute Gasteiger partial charge is 0.351 e. The van der Waals surface area contributed by atoms with Gasteiger partial charge in [0.2, 0.25) is 5.91 Å². The first-order valence-electron chi connectivity index (χ1n) is 7.66. The Balaban J connectivity index is 1.43. The number of hydrogen-bond donors (Lipinski definition) is 2. The Hall–Kier alpha value is -2.73. The van der Waals surface area contributed by atoms with Crippen LogP contribution in [0.25, 0.3) is 10.1 Å². The summed E-state index contributed by atoms with van der Waals surface area (Å²) in [6.45, 7) is 0.699. The summed E-state index contributed by atoms with van der Waals surface area (Å²) in [5, 5.41) is 6.62. The molecule has 2 heterocycles. The molecule has 0 aliphatic heterocycles. The molecule has 3 rings (SSSR count). The predicted molar refractivity (Wildman–Crippen MR) is 94.9 cm³/mol. The maximum Gasteiger partial charge on any atom is 0.261 e. The third-order valence-corrected chi connectivity index (χ3v) is 4.59. The van der Waals surface area contributed by atoms with Crippen LogP contribution in [0.3, 0.4) is 0 Å². The number of aromatic nitrogens is 1. The van der Waals surface area contributed by atoms with Crippen LogP contribution in [0.5, 0.6) is 0 Å². The van der Waals surface area contributed by atoms with E-state index in [9.17, 15) is 9.59 Å². The van der Waals surface area contributed by atoms with Crippen LogP contribution >= 0.6 is 11.3 Å². The second-order valence-corrected chi connectivity index (χ2v) is 6.34. The van der Waals surface area contributed by atoms with Crippen molar-refractivity contribution < 1.29 is 9.59 Å². The molecule has 2 aromatic heterocycles. The van der Waals surface area contributed by atoms with Crippen LogP contribution in [0.1, 0.15) is 21.8 Å². The van der Waals surface area contributed by atoms with Gasteiger partial charge in [-0.25, -0.2) is 0 Å². The highest BCUT2D eigenvalue weighted by Gasteiger charge is 2.10. The van der Waals surface area contributed by atoms with Crippen molar-refractivity contribution in [2.24, 2.45) is 0 Å². The molecule has 0 unspecified atom stereocenters. The number of rotatable bonds is 6. The lowest BCUT2D eigenvalue weighted by Gasteiger charge is -2.05. The highest BCUT2D eigenvalue weighted by atomic mass is 32.1. The molecular formula is C18H17N3O2S. The molecule has 0 radical (unpaired) electrons. The summed E-state index contributed by atoms with van der Waals surface area (Å²) in [4.78, 5) is 28.7. The number of benzene rings is 1. The number of pyridine rings is 1. The molecule has 0 fully saturated rings. The first-order valence-corrected chi connectivity index (χ1v) is 8.47. The van der Waals surface area contributed by atoms with Crippen LogP contribution in [0.2, 0.25) is 0 Å². The van der Waals surface area contributed by atoms with E-state index in [1.165, 1.54) is 11.3 Å². The predicted octanol–water partition coefficient (Wildman–Crippen LogP) is 2.73. The Labute approximate surface area is 143 Å². The standard InChI is InChI=1S/C18H17N3O2S/c22-17(21-12-14-6-3-4-9-19-14)8-10-20-18(23)16-11-13-5-1-2-7-15(13)24-16/h1-7,9,11H,8,10,12H2,(H,20,23)(H,21,22). The van der Waals surface area contributed by atoms with Gasteiger partial charge in [-0.15, -0.1) is 11.3 Å². The Bertz CT molecular complexity index is 813. The number of nitrogens with zero attached hydrogens (tertiary/aromatic N) is 1. The second kappa shape index (κ2) is 7.70. The van der Waals surface area contributed by atoms with E-state index in [0.29, 0.717) is 18.0 Å². The molecule has 0 saturated heterocycles. The van der Waals surface area contributed by atoms with E-state index in [0.717, 1.165) is 15.8 Å². The Morgan fingerprint density at radius 3 is 2.67 bits per heavy atom. The molecule has 0 aliphatic rings. The van der Waals surface area contributed by atoms with Gasteiger partial charge in [0.15, 0.2) is 0 Å². The van der Waals surface area contributed by atoms with E-state index in [-0.39, 0.29) is 18.2 Å². The Morgan fingerprint density at radius 2 is 1.88 bits per heavy atom. The summed E-state index contributed by atoms with van der Waals surface area (Å²) in [6.07, 6.45) is 1.93. The van der Waals surface area contributed by atoms with Crippen molar-refractivity contribution in [3.05, 3.63) is 65.3 Å². The van der Waals surface area contributed by atoms with Gasteiger partial charge in [-0.2, -0.15) is 0 Å². The molecule has 0 atom stereocenters. The third-order valence-electron chi connectivity index (χ3n) is 3.48. The molecule has 24 heavy (non-hydrogen) atoms. The van der Waals surface area contributed by atoms with Crippen LogP contribution in [0.15, 0.2) is 54.7 Å². The summed E-state index contributed by atoms with van der Waals surface area (Å²) >= 11 is 1.45. The number of fused-ring (bicyclic) bond motifs is 1. The average Bonchev–Trinajstić information content (AvgIpc) is 3.05. The molecule has 6 heteroatoms. The molecule has 0 bridgehead atoms. The maximum atomic E-state index is 12.1. The molecular weight excluding hydrogens is 322 g/mol. The van der Waals surface area contributed by atoms with Crippen molar-refractivity contribution in [3.63, 3.8) is 0 Å². The number of nitrogens with one attached hydrogen (secondary N) is 2. The lowest BCUT2D eigenvalue weighted by atomic mass is 10.2. The van der Waals surface area contributed by atoms with Crippen molar-refractivity contribution in [2.45, 2.75) is 13.0 Å². The molecule has 5 nitrogen and oxygen atoms in total. The molecule has 0 spiro atoms. The smallest absolute Gasteiger partial charge is 0.261 e. The Morgan fingerprint density at radius 1 is 1.04 bits per heavy atom. The van der Waals surface area contributed by atoms with Gasteiger partial charge in [-0.1, -0.05) is 24.3 Å². The quantitative estimate of drug-likeness (QED) is 0.725. The van der Waals surface area contributed by atoms with E-state index in [4.69, 9.17) is 0 Å². The Kier molecular flexibility index (Phi) is 5.18. The van der Waals surface area contributed by atoms with Gasteiger partial charge < -0.3 is 10.6 Å². The molecule has 0 saturated carbocycles. The average molecular weight is 339 g/mol. The number of thiophene rings is 1. The summed E-state index contributed by atoms with van der Waals surface area (Å²) in [5.74, 6) is -0.258. The lowest BCUT2D eigenvalue weighted by Crippen LogP contribution is -2.30. The zero-order valence-electron chi connectivity index (χ0n) is 13.0. The molecule has 1 aromatic carbocycles. The first-order chi connectivity index (χ1) is 11.7. The molecule has 2 amide bonds.